The van der Waals surface area contributed by atoms with Crippen LogP contribution in [0.3, 0.4) is 0 Å². The smallest absolute Gasteiger partial charge is 0.259 e. The van der Waals surface area contributed by atoms with Crippen LogP contribution in [0.25, 0.3) is 17.2 Å². The van der Waals surface area contributed by atoms with Crippen LogP contribution in [-0.2, 0) is 9.59 Å². The van der Waals surface area contributed by atoms with Gasteiger partial charge in [-0.25, -0.2) is 9.97 Å². The van der Waals surface area contributed by atoms with Gasteiger partial charge in [-0.3, -0.25) is 9.59 Å². The number of H-pyrrole nitrogens is 1. The van der Waals surface area contributed by atoms with Gasteiger partial charge in [-0.2, -0.15) is 5.26 Å². The van der Waals surface area contributed by atoms with E-state index in [9.17, 15) is 9.59 Å². The van der Waals surface area contributed by atoms with Crippen molar-refractivity contribution in [2.45, 2.75) is 20.3 Å². The molecule has 28 heavy (non-hydrogen) atoms. The summed E-state index contributed by atoms with van der Waals surface area (Å²) in [6.45, 7) is 6.71. The number of aromatic nitrogens is 3. The lowest BCUT2D eigenvalue weighted by molar-refractivity contribution is -0.132. The second kappa shape index (κ2) is 8.08. The molecule has 1 saturated heterocycles. The van der Waals surface area contributed by atoms with E-state index in [1.54, 1.807) is 18.5 Å². The van der Waals surface area contributed by atoms with E-state index in [0.717, 1.165) is 0 Å². The summed E-state index contributed by atoms with van der Waals surface area (Å²) in [6.07, 6.45) is 5.28. The molecule has 146 valence electrons. The van der Waals surface area contributed by atoms with Crippen LogP contribution in [0.4, 0.5) is 5.82 Å². The van der Waals surface area contributed by atoms with Crippen LogP contribution in [0.5, 0.6) is 0 Å². The van der Waals surface area contributed by atoms with Crippen LogP contribution in [0, 0.1) is 17.2 Å². The van der Waals surface area contributed by atoms with Crippen LogP contribution in [0.2, 0.25) is 0 Å². The van der Waals surface area contributed by atoms with Gasteiger partial charge >= 0.3 is 0 Å². The number of amides is 2. The number of aromatic amines is 1. The first-order valence-electron chi connectivity index (χ1n) is 9.17. The van der Waals surface area contributed by atoms with Crippen molar-refractivity contribution in [1.82, 2.24) is 19.9 Å². The first kappa shape index (κ1) is 19.4. The average molecular weight is 381 g/mol. The maximum Gasteiger partial charge on any atom is 0.259 e. The Hall–Kier alpha value is -3.41. The second-order valence-corrected chi connectivity index (χ2v) is 7.17. The van der Waals surface area contributed by atoms with Crippen LogP contribution in [0.15, 0.2) is 18.0 Å². The molecule has 0 unspecified atom stereocenters. The molecule has 0 radical (unpaired) electrons. The first-order chi connectivity index (χ1) is 13.4. The summed E-state index contributed by atoms with van der Waals surface area (Å²) in [5.41, 5.74) is 6.75. The molecule has 9 heteroatoms. The summed E-state index contributed by atoms with van der Waals surface area (Å²) in [5.74, 6) is 0.431. The van der Waals surface area contributed by atoms with Gasteiger partial charge in [0.15, 0.2) is 5.65 Å². The lowest BCUT2D eigenvalue weighted by atomic mass is 10.1. The predicted molar refractivity (Wildman–Crippen MR) is 105 cm³/mol. The van der Waals surface area contributed by atoms with Gasteiger partial charge in [0.05, 0.1) is 6.20 Å². The van der Waals surface area contributed by atoms with Gasteiger partial charge in [0.25, 0.3) is 5.91 Å². The molecule has 0 aromatic carbocycles. The van der Waals surface area contributed by atoms with Crippen molar-refractivity contribution in [2.75, 3.05) is 31.1 Å². The number of carbonyl (C=O) groups excluding carboxylic acids is 2. The summed E-state index contributed by atoms with van der Waals surface area (Å²) in [4.78, 5) is 39.5. The van der Waals surface area contributed by atoms with Gasteiger partial charge in [0, 0.05) is 44.4 Å². The Morgan fingerprint density at radius 3 is 2.68 bits per heavy atom. The number of hydrogen-bond acceptors (Lipinski definition) is 6. The van der Waals surface area contributed by atoms with Crippen LogP contribution < -0.4 is 10.6 Å². The van der Waals surface area contributed by atoms with Crippen molar-refractivity contribution >= 4 is 34.9 Å². The summed E-state index contributed by atoms with van der Waals surface area (Å²) >= 11 is 0. The Morgan fingerprint density at radius 1 is 1.36 bits per heavy atom. The van der Waals surface area contributed by atoms with Gasteiger partial charge in [-0.05, 0) is 12.0 Å². The number of primary amides is 1. The van der Waals surface area contributed by atoms with E-state index in [-0.39, 0.29) is 11.5 Å². The third-order valence-corrected chi connectivity index (χ3v) is 4.62. The molecular formula is C19H23N7O2. The number of rotatable bonds is 5. The Labute approximate surface area is 162 Å². The van der Waals surface area contributed by atoms with Gasteiger partial charge < -0.3 is 20.5 Å². The van der Waals surface area contributed by atoms with Crippen molar-refractivity contribution in [1.29, 1.82) is 5.26 Å². The molecule has 2 aromatic rings. The van der Waals surface area contributed by atoms with Gasteiger partial charge in [-0.15, -0.1) is 0 Å². The van der Waals surface area contributed by atoms with Crippen LogP contribution in [0.1, 0.15) is 25.8 Å². The monoisotopic (exact) mass is 381 g/mol. The fourth-order valence-electron chi connectivity index (χ4n) is 3.14. The summed E-state index contributed by atoms with van der Waals surface area (Å²) < 4.78 is 0. The maximum absolute atomic E-state index is 12.2. The Morgan fingerprint density at radius 2 is 2.07 bits per heavy atom. The quantitative estimate of drug-likeness (QED) is 0.587. The SMILES string of the molecule is CC(C)CC(=O)N1CCN(c2cnc3[nH]cc(/C=C(\C#N)C(N)=O)c3n2)CC1. The fourth-order valence-corrected chi connectivity index (χ4v) is 3.14. The van der Waals surface area contributed by atoms with Crippen LogP contribution in [-0.4, -0.2) is 57.8 Å². The van der Waals surface area contributed by atoms with Crippen molar-refractivity contribution in [3.63, 3.8) is 0 Å². The molecule has 2 amide bonds. The van der Waals surface area contributed by atoms with Gasteiger partial charge in [0.1, 0.15) is 23.0 Å². The number of anilines is 1. The molecule has 0 saturated carbocycles. The third kappa shape index (κ3) is 4.11. The van der Waals surface area contributed by atoms with E-state index in [1.807, 2.05) is 18.7 Å². The Kier molecular flexibility index (Phi) is 5.59. The minimum absolute atomic E-state index is 0.148. The number of fused-ring (bicyclic) bond motifs is 1. The van der Waals surface area contributed by atoms with E-state index in [4.69, 9.17) is 11.0 Å². The molecule has 0 spiro atoms. The minimum Gasteiger partial charge on any atom is -0.365 e. The molecule has 1 aliphatic rings. The molecule has 9 nitrogen and oxygen atoms in total. The summed E-state index contributed by atoms with van der Waals surface area (Å²) in [5, 5.41) is 9.04. The standard InChI is InChI=1S/C19H23N7O2/c1-12(2)7-16(27)26-5-3-25(4-6-26)15-11-23-19-17(24-15)14(10-22-19)8-13(9-20)18(21)28/h8,10-12H,3-7H2,1-2H3,(H2,21,28)(H,22,23)/b13-8+. The Bertz CT molecular complexity index is 962. The zero-order valence-electron chi connectivity index (χ0n) is 16.0. The number of carbonyl (C=O) groups is 2. The number of hydrogen-bond donors (Lipinski definition) is 2. The first-order valence-corrected chi connectivity index (χ1v) is 9.17. The van der Waals surface area contributed by atoms with E-state index in [0.29, 0.717) is 61.1 Å². The maximum atomic E-state index is 12.2. The summed E-state index contributed by atoms with van der Waals surface area (Å²) in [7, 11) is 0. The number of nitrogens with one attached hydrogen (secondary N) is 1. The molecule has 1 aliphatic heterocycles. The zero-order valence-corrected chi connectivity index (χ0v) is 16.0. The highest BCUT2D eigenvalue weighted by Gasteiger charge is 2.23. The summed E-state index contributed by atoms with van der Waals surface area (Å²) in [6, 6.07) is 1.79. The second-order valence-electron chi connectivity index (χ2n) is 7.17. The highest BCUT2D eigenvalue weighted by atomic mass is 16.2. The normalized spacial score (nSPS) is 15.1. The largest absolute Gasteiger partial charge is 0.365 e. The molecular weight excluding hydrogens is 358 g/mol. The fraction of sp³-hybridized carbons (Fsp3) is 0.421. The van der Waals surface area contributed by atoms with Crippen molar-refractivity contribution < 1.29 is 9.59 Å². The predicted octanol–water partition coefficient (Wildman–Crippen LogP) is 1.04. The van der Waals surface area contributed by atoms with E-state index in [2.05, 4.69) is 19.9 Å². The highest BCUT2D eigenvalue weighted by molar-refractivity contribution is 6.02. The molecule has 0 aliphatic carbocycles. The lowest BCUT2D eigenvalue weighted by Crippen LogP contribution is -2.49. The van der Waals surface area contributed by atoms with Gasteiger partial charge in [0.2, 0.25) is 5.91 Å². The molecule has 1 fully saturated rings. The molecule has 3 rings (SSSR count). The molecule has 3 N–H and O–H groups in total. The van der Waals surface area contributed by atoms with E-state index >= 15 is 0 Å². The third-order valence-electron chi connectivity index (χ3n) is 4.62. The number of nitrogens with zero attached hydrogens (tertiary/aromatic N) is 5. The van der Waals surface area contributed by atoms with Crippen LogP contribution >= 0.6 is 0 Å². The zero-order chi connectivity index (χ0) is 20.3. The van der Waals surface area contributed by atoms with Crippen molar-refractivity contribution in [3.8, 4) is 6.07 Å². The van der Waals surface area contributed by atoms with Crippen molar-refractivity contribution in [2.24, 2.45) is 11.7 Å². The highest BCUT2D eigenvalue weighted by Crippen LogP contribution is 2.21. The topological polar surface area (TPSA) is 132 Å². The molecule has 0 bridgehead atoms. The van der Waals surface area contributed by atoms with Crippen molar-refractivity contribution in [3.05, 3.63) is 23.5 Å². The average Bonchev–Trinajstić information content (AvgIpc) is 3.07. The minimum atomic E-state index is -0.789. The van der Waals surface area contributed by atoms with E-state index < -0.39 is 5.91 Å². The molecule has 2 aromatic heterocycles. The molecule has 3 heterocycles. The molecule has 0 atom stereocenters. The lowest BCUT2D eigenvalue weighted by Gasteiger charge is -2.35. The number of piperazine rings is 1. The number of nitriles is 1. The van der Waals surface area contributed by atoms with Gasteiger partial charge in [-0.1, -0.05) is 13.8 Å². The number of nitrogens with two attached hydrogens (primary N) is 1. The Balaban J connectivity index is 1.78. The van der Waals surface area contributed by atoms with E-state index in [1.165, 1.54) is 6.08 Å².